The van der Waals surface area contributed by atoms with E-state index in [1.165, 1.54) is 0 Å². The van der Waals surface area contributed by atoms with Crippen LogP contribution in [-0.2, 0) is 11.3 Å². The van der Waals surface area contributed by atoms with Crippen LogP contribution in [0.5, 0.6) is 0 Å². The van der Waals surface area contributed by atoms with Crippen molar-refractivity contribution in [3.8, 4) is 11.1 Å². The van der Waals surface area contributed by atoms with Crippen molar-refractivity contribution in [3.05, 3.63) is 102 Å². The van der Waals surface area contributed by atoms with E-state index >= 15 is 0 Å². The largest absolute Gasteiger partial charge is 0.456 e. The van der Waals surface area contributed by atoms with Crippen molar-refractivity contribution in [2.45, 2.75) is 6.61 Å². The Balaban J connectivity index is 1.54. The second kappa shape index (κ2) is 7.24. The number of aromatic amines is 1. The van der Waals surface area contributed by atoms with E-state index in [0.717, 1.165) is 38.5 Å². The molecule has 0 radical (unpaired) electrons. The molecular formula is C25H18N2O2. The van der Waals surface area contributed by atoms with Gasteiger partial charge in [-0.25, -0.2) is 9.78 Å². The van der Waals surface area contributed by atoms with Gasteiger partial charge in [0.1, 0.15) is 12.3 Å². The summed E-state index contributed by atoms with van der Waals surface area (Å²) in [4.78, 5) is 20.5. The lowest BCUT2D eigenvalue weighted by molar-refractivity contribution is 0.0466. The Hall–Kier alpha value is -3.92. The molecule has 1 N–H and O–H groups in total. The number of rotatable bonds is 4. The molecule has 0 spiro atoms. The van der Waals surface area contributed by atoms with Crippen molar-refractivity contribution in [3.63, 3.8) is 0 Å². The van der Waals surface area contributed by atoms with Crippen molar-refractivity contribution < 1.29 is 9.53 Å². The number of hydrogen-bond donors (Lipinski definition) is 1. The molecule has 0 amide bonds. The molecule has 4 nitrogen and oxygen atoms in total. The van der Waals surface area contributed by atoms with Gasteiger partial charge in [0.25, 0.3) is 0 Å². The van der Waals surface area contributed by atoms with Crippen LogP contribution in [0.2, 0.25) is 0 Å². The summed E-state index contributed by atoms with van der Waals surface area (Å²) < 4.78 is 5.46. The summed E-state index contributed by atoms with van der Waals surface area (Å²) in [5, 5.41) is 2.11. The van der Waals surface area contributed by atoms with Crippen LogP contribution in [0.3, 0.4) is 0 Å². The van der Waals surface area contributed by atoms with Gasteiger partial charge in [-0.3, -0.25) is 0 Å². The first kappa shape index (κ1) is 17.2. The fourth-order valence-electron chi connectivity index (χ4n) is 3.60. The van der Waals surface area contributed by atoms with Crippen LogP contribution in [0.25, 0.3) is 32.9 Å². The van der Waals surface area contributed by atoms with E-state index < -0.39 is 5.97 Å². The lowest BCUT2D eigenvalue weighted by atomic mass is 9.98. The van der Waals surface area contributed by atoms with Crippen molar-refractivity contribution in [2.24, 2.45) is 0 Å². The minimum atomic E-state index is -0.426. The third-order valence-electron chi connectivity index (χ3n) is 5.03. The molecule has 5 aromatic rings. The Bertz CT molecular complexity index is 1320. The van der Waals surface area contributed by atoms with Crippen LogP contribution < -0.4 is 0 Å². The molecule has 0 fully saturated rings. The number of fused-ring (bicyclic) bond motifs is 2. The third kappa shape index (κ3) is 3.25. The molecule has 2 heterocycles. The highest BCUT2D eigenvalue weighted by Crippen LogP contribution is 2.32. The van der Waals surface area contributed by atoms with Gasteiger partial charge in [-0.1, -0.05) is 66.7 Å². The third-order valence-corrected chi connectivity index (χ3v) is 5.03. The van der Waals surface area contributed by atoms with Crippen molar-refractivity contribution in [1.82, 2.24) is 9.97 Å². The fraction of sp³-hybridized carbons (Fsp3) is 0.0400. The molecule has 0 unspecified atom stereocenters. The van der Waals surface area contributed by atoms with Crippen LogP contribution in [0.4, 0.5) is 0 Å². The van der Waals surface area contributed by atoms with Crippen molar-refractivity contribution >= 4 is 27.8 Å². The second-order valence-electron chi connectivity index (χ2n) is 6.88. The van der Waals surface area contributed by atoms with Gasteiger partial charge in [0, 0.05) is 28.0 Å². The highest BCUT2D eigenvalue weighted by atomic mass is 16.5. The van der Waals surface area contributed by atoms with E-state index in [4.69, 9.17) is 4.74 Å². The lowest BCUT2D eigenvalue weighted by Gasteiger charge is -2.10. The Labute approximate surface area is 167 Å². The molecule has 5 rings (SSSR count). The number of hydrogen-bond acceptors (Lipinski definition) is 3. The molecule has 0 bridgehead atoms. The van der Waals surface area contributed by atoms with Gasteiger partial charge in [-0.2, -0.15) is 0 Å². The zero-order chi connectivity index (χ0) is 19.6. The number of benzene rings is 3. The SMILES string of the molecule is O=C(OCc1ccccc1)c1ccc2cccc(-c3cccc4[nH]ccc34)c2n1. The summed E-state index contributed by atoms with van der Waals surface area (Å²) in [6.07, 6.45) is 1.93. The first-order valence-electron chi connectivity index (χ1n) is 9.47. The number of ether oxygens (including phenoxy) is 1. The summed E-state index contributed by atoms with van der Waals surface area (Å²) in [6, 6.07) is 27.5. The van der Waals surface area contributed by atoms with Crippen LogP contribution in [0, 0.1) is 0 Å². The number of nitrogens with zero attached hydrogens (tertiary/aromatic N) is 1. The standard InChI is InChI=1S/C25H18N2O2/c28-25(29-16-17-6-2-1-3-7-17)23-13-12-18-8-4-10-21(24(18)27-23)19-9-5-11-22-20(19)14-15-26-22/h1-15,26H,16H2. The minimum absolute atomic E-state index is 0.226. The smallest absolute Gasteiger partial charge is 0.357 e. The Morgan fingerprint density at radius 3 is 2.55 bits per heavy atom. The van der Waals surface area contributed by atoms with E-state index in [2.05, 4.69) is 22.1 Å². The zero-order valence-corrected chi connectivity index (χ0v) is 15.6. The van der Waals surface area contributed by atoms with Crippen LogP contribution in [0.15, 0.2) is 91.1 Å². The van der Waals surface area contributed by atoms with E-state index in [9.17, 15) is 4.79 Å². The predicted molar refractivity (Wildman–Crippen MR) is 115 cm³/mol. The molecule has 0 aliphatic rings. The lowest BCUT2D eigenvalue weighted by Crippen LogP contribution is -2.07. The van der Waals surface area contributed by atoms with Gasteiger partial charge >= 0.3 is 5.97 Å². The topological polar surface area (TPSA) is 55.0 Å². The monoisotopic (exact) mass is 378 g/mol. The molecule has 0 aliphatic carbocycles. The maximum atomic E-state index is 12.6. The first-order valence-corrected chi connectivity index (χ1v) is 9.47. The zero-order valence-electron chi connectivity index (χ0n) is 15.6. The Morgan fingerprint density at radius 1 is 0.828 bits per heavy atom. The van der Waals surface area contributed by atoms with E-state index in [1.54, 1.807) is 6.07 Å². The number of aromatic nitrogens is 2. The molecule has 4 heteroatoms. The molecule has 0 aliphatic heterocycles. The first-order chi connectivity index (χ1) is 14.3. The number of carbonyl (C=O) groups excluding carboxylic acids is 1. The highest BCUT2D eigenvalue weighted by Gasteiger charge is 2.14. The highest BCUT2D eigenvalue weighted by molar-refractivity contribution is 6.04. The van der Waals surface area contributed by atoms with Crippen LogP contribution in [0.1, 0.15) is 16.1 Å². The minimum Gasteiger partial charge on any atom is -0.456 e. The number of carbonyl (C=O) groups is 1. The maximum absolute atomic E-state index is 12.6. The number of esters is 1. The van der Waals surface area contributed by atoms with Crippen LogP contribution >= 0.6 is 0 Å². The van der Waals surface area contributed by atoms with Crippen molar-refractivity contribution in [1.29, 1.82) is 0 Å². The predicted octanol–water partition coefficient (Wildman–Crippen LogP) is 5.74. The van der Waals surface area contributed by atoms with Crippen LogP contribution in [-0.4, -0.2) is 15.9 Å². The summed E-state index contributed by atoms with van der Waals surface area (Å²) in [6.45, 7) is 0.226. The molecule has 29 heavy (non-hydrogen) atoms. The molecule has 0 atom stereocenters. The van der Waals surface area contributed by atoms with Gasteiger partial charge in [0.2, 0.25) is 0 Å². The Morgan fingerprint density at radius 2 is 1.66 bits per heavy atom. The van der Waals surface area contributed by atoms with Gasteiger partial charge in [0.05, 0.1) is 5.52 Å². The van der Waals surface area contributed by atoms with Gasteiger partial charge in [-0.05, 0) is 29.3 Å². The Kier molecular flexibility index (Phi) is 4.30. The fourth-order valence-corrected chi connectivity index (χ4v) is 3.60. The molecular weight excluding hydrogens is 360 g/mol. The number of para-hydroxylation sites is 1. The average Bonchev–Trinajstić information content (AvgIpc) is 3.26. The second-order valence-corrected chi connectivity index (χ2v) is 6.88. The summed E-state index contributed by atoms with van der Waals surface area (Å²) >= 11 is 0. The maximum Gasteiger partial charge on any atom is 0.357 e. The summed E-state index contributed by atoms with van der Waals surface area (Å²) in [5.74, 6) is -0.426. The summed E-state index contributed by atoms with van der Waals surface area (Å²) in [7, 11) is 0. The normalized spacial score (nSPS) is 11.0. The number of nitrogens with one attached hydrogen (secondary N) is 1. The average molecular weight is 378 g/mol. The van der Waals surface area contributed by atoms with E-state index in [1.807, 2.05) is 72.9 Å². The van der Waals surface area contributed by atoms with E-state index in [-0.39, 0.29) is 6.61 Å². The quantitative estimate of drug-likeness (QED) is 0.406. The van der Waals surface area contributed by atoms with Gasteiger partial charge < -0.3 is 9.72 Å². The van der Waals surface area contributed by atoms with Crippen molar-refractivity contribution in [2.75, 3.05) is 0 Å². The van der Waals surface area contributed by atoms with E-state index in [0.29, 0.717) is 5.69 Å². The summed E-state index contributed by atoms with van der Waals surface area (Å²) in [5.41, 5.74) is 5.18. The molecule has 140 valence electrons. The molecule has 3 aromatic carbocycles. The van der Waals surface area contributed by atoms with Gasteiger partial charge in [-0.15, -0.1) is 0 Å². The number of H-pyrrole nitrogens is 1. The molecule has 0 saturated heterocycles. The van der Waals surface area contributed by atoms with Gasteiger partial charge in [0.15, 0.2) is 0 Å². The number of pyridine rings is 1. The molecule has 2 aromatic heterocycles. The molecule has 0 saturated carbocycles.